The van der Waals surface area contributed by atoms with Crippen molar-refractivity contribution in [3.8, 4) is 5.75 Å². The SMILES string of the molecule is Fc1cccc(NCC2CCOc3ccccc32)c1. The predicted octanol–water partition coefficient (Wildman–Crippen LogP) is 3.80. The monoisotopic (exact) mass is 257 g/mol. The Morgan fingerprint density at radius 1 is 1.16 bits per heavy atom. The van der Waals surface area contributed by atoms with Crippen LogP contribution >= 0.6 is 0 Å². The van der Waals surface area contributed by atoms with Gasteiger partial charge in [0, 0.05) is 18.2 Å². The van der Waals surface area contributed by atoms with Crippen molar-refractivity contribution >= 4 is 5.69 Å². The van der Waals surface area contributed by atoms with E-state index in [1.165, 1.54) is 17.7 Å². The highest BCUT2D eigenvalue weighted by Gasteiger charge is 2.20. The third-order valence-corrected chi connectivity index (χ3v) is 3.46. The first kappa shape index (κ1) is 12.0. The number of anilines is 1. The lowest BCUT2D eigenvalue weighted by molar-refractivity contribution is 0.270. The molecule has 0 saturated carbocycles. The van der Waals surface area contributed by atoms with E-state index in [0.717, 1.165) is 31.0 Å². The fourth-order valence-electron chi connectivity index (χ4n) is 2.47. The van der Waals surface area contributed by atoms with Gasteiger partial charge in [-0.2, -0.15) is 0 Å². The summed E-state index contributed by atoms with van der Waals surface area (Å²) in [5.41, 5.74) is 2.06. The average Bonchev–Trinajstić information content (AvgIpc) is 2.45. The second kappa shape index (κ2) is 5.31. The van der Waals surface area contributed by atoms with Crippen molar-refractivity contribution in [3.05, 3.63) is 59.9 Å². The minimum atomic E-state index is -0.211. The van der Waals surface area contributed by atoms with Crippen molar-refractivity contribution in [1.29, 1.82) is 0 Å². The molecule has 1 heterocycles. The van der Waals surface area contributed by atoms with Crippen molar-refractivity contribution in [3.63, 3.8) is 0 Å². The molecule has 2 aromatic rings. The van der Waals surface area contributed by atoms with Crippen molar-refractivity contribution in [2.75, 3.05) is 18.5 Å². The van der Waals surface area contributed by atoms with Crippen LogP contribution in [0.1, 0.15) is 17.9 Å². The van der Waals surface area contributed by atoms with E-state index in [1.807, 2.05) is 24.3 Å². The third-order valence-electron chi connectivity index (χ3n) is 3.46. The number of hydrogen-bond acceptors (Lipinski definition) is 2. The Bertz CT molecular complexity index is 570. The zero-order valence-corrected chi connectivity index (χ0v) is 10.6. The van der Waals surface area contributed by atoms with E-state index < -0.39 is 0 Å². The number of fused-ring (bicyclic) bond motifs is 1. The molecule has 0 saturated heterocycles. The molecular formula is C16H16FNO. The van der Waals surface area contributed by atoms with Gasteiger partial charge < -0.3 is 10.1 Å². The average molecular weight is 257 g/mol. The molecule has 1 aliphatic rings. The summed E-state index contributed by atoms with van der Waals surface area (Å²) in [6, 6.07) is 14.7. The van der Waals surface area contributed by atoms with E-state index in [2.05, 4.69) is 11.4 Å². The molecule has 0 bridgehead atoms. The highest BCUT2D eigenvalue weighted by molar-refractivity contribution is 5.45. The van der Waals surface area contributed by atoms with Gasteiger partial charge in [0.15, 0.2) is 0 Å². The molecule has 0 aromatic heterocycles. The fourth-order valence-corrected chi connectivity index (χ4v) is 2.47. The number of benzene rings is 2. The second-order valence-corrected chi connectivity index (χ2v) is 4.76. The van der Waals surface area contributed by atoms with Crippen molar-refractivity contribution in [2.24, 2.45) is 0 Å². The largest absolute Gasteiger partial charge is 0.493 e. The molecule has 0 spiro atoms. The van der Waals surface area contributed by atoms with Gasteiger partial charge in [-0.25, -0.2) is 4.39 Å². The molecule has 3 rings (SSSR count). The van der Waals surface area contributed by atoms with Crippen LogP contribution in [0.25, 0.3) is 0 Å². The van der Waals surface area contributed by atoms with E-state index in [4.69, 9.17) is 4.74 Å². The molecular weight excluding hydrogens is 241 g/mol. The minimum absolute atomic E-state index is 0.211. The number of nitrogens with one attached hydrogen (secondary N) is 1. The standard InChI is InChI=1S/C16H16FNO/c17-13-4-3-5-14(10-13)18-11-12-8-9-19-16-7-2-1-6-15(12)16/h1-7,10,12,18H,8-9,11H2. The maximum atomic E-state index is 13.1. The molecule has 2 aromatic carbocycles. The smallest absolute Gasteiger partial charge is 0.125 e. The van der Waals surface area contributed by atoms with Gasteiger partial charge in [-0.3, -0.25) is 0 Å². The molecule has 0 fully saturated rings. The van der Waals surface area contributed by atoms with Gasteiger partial charge in [0.2, 0.25) is 0 Å². The molecule has 1 atom stereocenters. The highest BCUT2D eigenvalue weighted by Crippen LogP contribution is 2.33. The summed E-state index contributed by atoms with van der Waals surface area (Å²) < 4.78 is 18.7. The summed E-state index contributed by atoms with van der Waals surface area (Å²) in [5.74, 6) is 1.17. The molecule has 0 radical (unpaired) electrons. The van der Waals surface area contributed by atoms with Crippen LogP contribution < -0.4 is 10.1 Å². The topological polar surface area (TPSA) is 21.3 Å². The van der Waals surface area contributed by atoms with Gasteiger partial charge in [-0.05, 0) is 36.2 Å². The predicted molar refractivity (Wildman–Crippen MR) is 74.2 cm³/mol. The van der Waals surface area contributed by atoms with Crippen molar-refractivity contribution < 1.29 is 9.13 Å². The molecule has 1 N–H and O–H groups in total. The first-order chi connectivity index (χ1) is 9.33. The number of halogens is 1. The van der Waals surface area contributed by atoms with Gasteiger partial charge >= 0.3 is 0 Å². The Labute approximate surface area is 112 Å². The number of ether oxygens (including phenoxy) is 1. The molecule has 0 aliphatic carbocycles. The summed E-state index contributed by atoms with van der Waals surface area (Å²) in [7, 11) is 0. The van der Waals surface area contributed by atoms with Gasteiger partial charge in [0.05, 0.1) is 6.61 Å². The Morgan fingerprint density at radius 3 is 2.95 bits per heavy atom. The summed E-state index contributed by atoms with van der Waals surface area (Å²) >= 11 is 0. The van der Waals surface area contributed by atoms with Crippen LogP contribution in [0, 0.1) is 5.82 Å². The number of hydrogen-bond donors (Lipinski definition) is 1. The molecule has 3 heteroatoms. The van der Waals surface area contributed by atoms with Gasteiger partial charge in [0.25, 0.3) is 0 Å². The quantitative estimate of drug-likeness (QED) is 0.903. The van der Waals surface area contributed by atoms with Crippen LogP contribution in [0.4, 0.5) is 10.1 Å². The van der Waals surface area contributed by atoms with Crippen LogP contribution in [0.15, 0.2) is 48.5 Å². The van der Waals surface area contributed by atoms with Crippen LogP contribution in [-0.4, -0.2) is 13.2 Å². The minimum Gasteiger partial charge on any atom is -0.493 e. The third kappa shape index (κ3) is 2.70. The van der Waals surface area contributed by atoms with E-state index in [0.29, 0.717) is 5.92 Å². The molecule has 2 nitrogen and oxygen atoms in total. The maximum Gasteiger partial charge on any atom is 0.125 e. The van der Waals surface area contributed by atoms with Crippen LogP contribution in [-0.2, 0) is 0 Å². The second-order valence-electron chi connectivity index (χ2n) is 4.76. The number of rotatable bonds is 3. The normalized spacial score (nSPS) is 17.4. The molecule has 1 unspecified atom stereocenters. The maximum absolute atomic E-state index is 13.1. The zero-order chi connectivity index (χ0) is 13.1. The van der Waals surface area contributed by atoms with Crippen molar-refractivity contribution in [1.82, 2.24) is 0 Å². The van der Waals surface area contributed by atoms with E-state index >= 15 is 0 Å². The Balaban J connectivity index is 1.71. The first-order valence-corrected chi connectivity index (χ1v) is 6.54. The Kier molecular flexibility index (Phi) is 3.36. The Hall–Kier alpha value is -2.03. The van der Waals surface area contributed by atoms with Crippen LogP contribution in [0.2, 0.25) is 0 Å². The first-order valence-electron chi connectivity index (χ1n) is 6.54. The lowest BCUT2D eigenvalue weighted by Gasteiger charge is -2.26. The summed E-state index contributed by atoms with van der Waals surface area (Å²) in [5, 5.41) is 3.30. The van der Waals surface area contributed by atoms with E-state index in [9.17, 15) is 4.39 Å². The highest BCUT2D eigenvalue weighted by atomic mass is 19.1. The molecule has 0 amide bonds. The summed E-state index contributed by atoms with van der Waals surface area (Å²) in [4.78, 5) is 0. The lowest BCUT2D eigenvalue weighted by Crippen LogP contribution is -2.20. The van der Waals surface area contributed by atoms with E-state index in [-0.39, 0.29) is 5.82 Å². The number of para-hydroxylation sites is 1. The fraction of sp³-hybridized carbons (Fsp3) is 0.250. The summed E-state index contributed by atoms with van der Waals surface area (Å²) in [6.07, 6.45) is 0.985. The Morgan fingerprint density at radius 2 is 2.05 bits per heavy atom. The lowest BCUT2D eigenvalue weighted by atomic mass is 9.93. The zero-order valence-electron chi connectivity index (χ0n) is 10.6. The molecule has 98 valence electrons. The van der Waals surface area contributed by atoms with E-state index in [1.54, 1.807) is 6.07 Å². The molecule has 1 aliphatic heterocycles. The van der Waals surface area contributed by atoms with Crippen molar-refractivity contribution in [2.45, 2.75) is 12.3 Å². The van der Waals surface area contributed by atoms with Crippen LogP contribution in [0.3, 0.4) is 0 Å². The molecule has 19 heavy (non-hydrogen) atoms. The summed E-state index contributed by atoms with van der Waals surface area (Å²) in [6.45, 7) is 1.54. The van der Waals surface area contributed by atoms with Gasteiger partial charge in [-0.15, -0.1) is 0 Å². The van der Waals surface area contributed by atoms with Gasteiger partial charge in [-0.1, -0.05) is 24.3 Å². The van der Waals surface area contributed by atoms with Gasteiger partial charge in [0.1, 0.15) is 11.6 Å². The van der Waals surface area contributed by atoms with Crippen LogP contribution in [0.5, 0.6) is 5.75 Å².